The molecular weight excluding hydrogens is 160 g/mol. The van der Waals surface area contributed by atoms with E-state index < -0.39 is 4.92 Å². The number of nitrogens with two attached hydrogens (primary N) is 1. The van der Waals surface area contributed by atoms with Crippen molar-refractivity contribution in [2.45, 2.75) is 18.4 Å². The summed E-state index contributed by atoms with van der Waals surface area (Å²) < 4.78 is 0. The van der Waals surface area contributed by atoms with Crippen LogP contribution >= 0.6 is 0 Å². The first-order valence-electron chi connectivity index (χ1n) is 3.63. The van der Waals surface area contributed by atoms with E-state index in [0.717, 1.165) is 6.42 Å². The maximum Gasteiger partial charge on any atom is 0.346 e. The minimum atomic E-state index is -0.465. The number of nitro groups is 1. The molecule has 0 spiro atoms. The van der Waals surface area contributed by atoms with Gasteiger partial charge in [0.1, 0.15) is 0 Å². The molecule has 1 aromatic heterocycles. The smallest absolute Gasteiger partial charge is 0.346 e. The fraction of sp³-hybridized carbons (Fsp3) is 0.500. The molecule has 0 aromatic carbocycles. The highest BCUT2D eigenvalue weighted by atomic mass is 16.6. The van der Waals surface area contributed by atoms with E-state index in [0.29, 0.717) is 5.56 Å². The highest BCUT2D eigenvalue weighted by Gasteiger charge is 2.40. The minimum absolute atomic E-state index is 0.0204. The van der Waals surface area contributed by atoms with Crippen molar-refractivity contribution in [2.24, 2.45) is 5.73 Å². The lowest BCUT2D eigenvalue weighted by Crippen LogP contribution is -2.02. The van der Waals surface area contributed by atoms with Crippen molar-refractivity contribution in [3.05, 3.63) is 21.9 Å². The molecule has 0 radical (unpaired) electrons. The molecule has 64 valence electrons. The number of hydrogen-bond acceptors (Lipinski definition) is 4. The molecule has 1 saturated carbocycles. The molecule has 1 aromatic rings. The van der Waals surface area contributed by atoms with Gasteiger partial charge in [0.2, 0.25) is 0 Å². The van der Waals surface area contributed by atoms with Gasteiger partial charge in [-0.15, -0.1) is 5.10 Å². The standard InChI is InChI=1S/C6H8N4O2/c7-5-1-3(5)4-2-8-9-6(4)10(11)12/h2-3,5H,1,7H2,(H,8,9)/t3-,5+/m0/s1. The molecule has 0 bridgehead atoms. The monoisotopic (exact) mass is 168 g/mol. The Bertz CT molecular complexity index is 321. The number of H-pyrrole nitrogens is 1. The third kappa shape index (κ3) is 0.964. The van der Waals surface area contributed by atoms with Gasteiger partial charge in [0.25, 0.3) is 0 Å². The van der Waals surface area contributed by atoms with Gasteiger partial charge >= 0.3 is 5.82 Å². The van der Waals surface area contributed by atoms with Crippen molar-refractivity contribution < 1.29 is 4.92 Å². The Hall–Kier alpha value is -1.43. The summed E-state index contributed by atoms with van der Waals surface area (Å²) in [6.45, 7) is 0. The molecule has 0 amide bonds. The molecule has 0 unspecified atom stereocenters. The minimum Gasteiger partial charge on any atom is -0.358 e. The Balaban J connectivity index is 2.31. The molecule has 0 saturated heterocycles. The third-order valence-electron chi connectivity index (χ3n) is 2.07. The van der Waals surface area contributed by atoms with Crippen molar-refractivity contribution in [3.63, 3.8) is 0 Å². The van der Waals surface area contributed by atoms with E-state index in [1.54, 1.807) is 0 Å². The predicted octanol–water partition coefficient (Wildman–Crippen LogP) is 0.132. The van der Waals surface area contributed by atoms with Crippen molar-refractivity contribution in [2.75, 3.05) is 0 Å². The van der Waals surface area contributed by atoms with Crippen LogP contribution in [0.3, 0.4) is 0 Å². The van der Waals surface area contributed by atoms with Gasteiger partial charge < -0.3 is 15.8 Å². The molecule has 1 fully saturated rings. The summed E-state index contributed by atoms with van der Waals surface area (Å²) in [5.41, 5.74) is 6.19. The number of nitrogens with one attached hydrogen (secondary N) is 1. The van der Waals surface area contributed by atoms with E-state index in [-0.39, 0.29) is 17.8 Å². The second kappa shape index (κ2) is 2.28. The van der Waals surface area contributed by atoms with Gasteiger partial charge in [-0.05, 0) is 11.3 Å². The maximum absolute atomic E-state index is 10.4. The van der Waals surface area contributed by atoms with Gasteiger partial charge in [-0.25, -0.2) is 0 Å². The zero-order valence-electron chi connectivity index (χ0n) is 6.23. The molecule has 2 atom stereocenters. The van der Waals surface area contributed by atoms with Crippen LogP contribution in [-0.4, -0.2) is 21.2 Å². The molecule has 3 N–H and O–H groups in total. The molecule has 1 aliphatic carbocycles. The van der Waals surface area contributed by atoms with E-state index >= 15 is 0 Å². The average molecular weight is 168 g/mol. The Kier molecular flexibility index (Phi) is 1.37. The van der Waals surface area contributed by atoms with Crippen LogP contribution in [0.1, 0.15) is 17.9 Å². The molecule has 2 rings (SSSR count). The van der Waals surface area contributed by atoms with Gasteiger partial charge in [0.05, 0.1) is 11.8 Å². The molecule has 6 heteroatoms. The van der Waals surface area contributed by atoms with Crippen molar-refractivity contribution >= 4 is 5.82 Å². The first-order valence-corrected chi connectivity index (χ1v) is 3.63. The van der Waals surface area contributed by atoms with Crippen molar-refractivity contribution in [3.8, 4) is 0 Å². The predicted molar refractivity (Wildman–Crippen MR) is 40.6 cm³/mol. The molecule has 6 nitrogen and oxygen atoms in total. The van der Waals surface area contributed by atoms with Crippen LogP contribution in [0.15, 0.2) is 6.20 Å². The summed E-state index contributed by atoms with van der Waals surface area (Å²) in [5, 5.41) is 16.4. The highest BCUT2D eigenvalue weighted by molar-refractivity contribution is 5.38. The van der Waals surface area contributed by atoms with Crippen molar-refractivity contribution in [1.82, 2.24) is 10.2 Å². The Morgan fingerprint density at radius 1 is 1.83 bits per heavy atom. The zero-order valence-corrected chi connectivity index (χ0v) is 6.23. The van der Waals surface area contributed by atoms with E-state index in [2.05, 4.69) is 10.2 Å². The SMILES string of the molecule is N[C@@H]1C[C@H]1c1cn[nH]c1[N+](=O)[O-]. The number of hydrogen-bond donors (Lipinski definition) is 2. The summed E-state index contributed by atoms with van der Waals surface area (Å²) in [7, 11) is 0. The number of rotatable bonds is 2. The largest absolute Gasteiger partial charge is 0.358 e. The number of aromatic nitrogens is 2. The average Bonchev–Trinajstić information content (AvgIpc) is 2.58. The maximum atomic E-state index is 10.4. The first-order chi connectivity index (χ1) is 5.70. The van der Waals surface area contributed by atoms with Crippen LogP contribution in [-0.2, 0) is 0 Å². The molecule has 1 heterocycles. The summed E-state index contributed by atoms with van der Waals surface area (Å²) in [6.07, 6.45) is 2.30. The van der Waals surface area contributed by atoms with Crippen molar-refractivity contribution in [1.29, 1.82) is 0 Å². The Morgan fingerprint density at radius 2 is 2.50 bits per heavy atom. The lowest BCUT2D eigenvalue weighted by molar-refractivity contribution is -0.390. The van der Waals surface area contributed by atoms with Crippen LogP contribution in [0.2, 0.25) is 0 Å². The van der Waals surface area contributed by atoms with Crippen LogP contribution in [0, 0.1) is 10.1 Å². The topological polar surface area (TPSA) is 97.8 Å². The second-order valence-corrected chi connectivity index (χ2v) is 2.94. The van der Waals surface area contributed by atoms with Gasteiger partial charge in [-0.3, -0.25) is 0 Å². The van der Waals surface area contributed by atoms with Crippen LogP contribution in [0.4, 0.5) is 5.82 Å². The molecule has 0 aliphatic heterocycles. The normalized spacial score (nSPS) is 27.1. The highest BCUT2D eigenvalue weighted by Crippen LogP contribution is 2.41. The van der Waals surface area contributed by atoms with Gasteiger partial charge in [0, 0.05) is 12.0 Å². The van der Waals surface area contributed by atoms with E-state index in [4.69, 9.17) is 5.73 Å². The summed E-state index contributed by atoms with van der Waals surface area (Å²) >= 11 is 0. The van der Waals surface area contributed by atoms with E-state index in [1.807, 2.05) is 0 Å². The zero-order chi connectivity index (χ0) is 8.72. The quantitative estimate of drug-likeness (QED) is 0.484. The van der Waals surface area contributed by atoms with Gasteiger partial charge in [-0.2, -0.15) is 0 Å². The Labute approximate surface area is 67.9 Å². The number of nitrogens with zero attached hydrogens (tertiary/aromatic N) is 2. The van der Waals surface area contributed by atoms with E-state index in [9.17, 15) is 10.1 Å². The fourth-order valence-corrected chi connectivity index (χ4v) is 1.28. The summed E-state index contributed by atoms with van der Waals surface area (Å²) in [5.74, 6) is 0.108. The van der Waals surface area contributed by atoms with Crippen LogP contribution in [0.5, 0.6) is 0 Å². The van der Waals surface area contributed by atoms with Gasteiger partial charge in [0.15, 0.2) is 0 Å². The summed E-state index contributed by atoms with van der Waals surface area (Å²) in [4.78, 5) is 9.95. The summed E-state index contributed by atoms with van der Waals surface area (Å²) in [6, 6.07) is 0.0706. The lowest BCUT2D eigenvalue weighted by Gasteiger charge is -1.93. The third-order valence-corrected chi connectivity index (χ3v) is 2.07. The molecule has 12 heavy (non-hydrogen) atoms. The van der Waals surface area contributed by atoms with E-state index in [1.165, 1.54) is 6.20 Å². The first kappa shape index (κ1) is 7.23. The lowest BCUT2D eigenvalue weighted by atomic mass is 10.2. The van der Waals surface area contributed by atoms with Crippen LogP contribution < -0.4 is 5.73 Å². The molecule has 1 aliphatic rings. The molecular formula is C6H8N4O2. The van der Waals surface area contributed by atoms with Gasteiger partial charge in [-0.1, -0.05) is 5.10 Å². The van der Waals surface area contributed by atoms with Crippen LogP contribution in [0.25, 0.3) is 0 Å². The number of aromatic amines is 1. The second-order valence-electron chi connectivity index (χ2n) is 2.94. The fourth-order valence-electron chi connectivity index (χ4n) is 1.28. The Morgan fingerprint density at radius 3 is 3.00 bits per heavy atom.